The Morgan fingerprint density at radius 2 is 1.88 bits per heavy atom. The summed E-state index contributed by atoms with van der Waals surface area (Å²) in [7, 11) is 1.61. The molecule has 0 bridgehead atoms. The van der Waals surface area contributed by atoms with E-state index in [0.717, 1.165) is 16.2 Å². The molecule has 16 heavy (non-hydrogen) atoms. The fraction of sp³-hybridized carbons (Fsp3) is 0.154. The smallest absolute Gasteiger partial charge is 0.203 e. The molecule has 0 fully saturated rings. The van der Waals surface area contributed by atoms with Crippen molar-refractivity contribution in [1.29, 1.82) is 0 Å². The van der Waals surface area contributed by atoms with Gasteiger partial charge in [0.25, 0.3) is 0 Å². The van der Waals surface area contributed by atoms with E-state index in [9.17, 15) is 4.79 Å². The van der Waals surface area contributed by atoms with Crippen molar-refractivity contribution in [2.24, 2.45) is 0 Å². The second-order valence-corrected chi connectivity index (χ2v) is 4.41. The Hall–Kier alpha value is -1.61. The van der Waals surface area contributed by atoms with Crippen LogP contribution < -0.4 is 4.74 Å². The zero-order valence-electron chi connectivity index (χ0n) is 9.19. The Balaban J connectivity index is 2.31. The SMILES string of the molecule is COc1ccc(C(=O)c2sccc2C)cc1. The summed E-state index contributed by atoms with van der Waals surface area (Å²) in [6.07, 6.45) is 0. The molecule has 0 radical (unpaired) electrons. The van der Waals surface area contributed by atoms with Crippen LogP contribution in [0.15, 0.2) is 35.7 Å². The van der Waals surface area contributed by atoms with Crippen LogP contribution in [0.5, 0.6) is 5.75 Å². The molecule has 0 saturated carbocycles. The Labute approximate surface area is 98.5 Å². The van der Waals surface area contributed by atoms with E-state index in [1.54, 1.807) is 31.4 Å². The average Bonchev–Trinajstić information content (AvgIpc) is 2.75. The third-order valence-corrected chi connectivity index (χ3v) is 3.44. The standard InChI is InChI=1S/C13H12O2S/c1-9-7-8-16-13(9)12(14)10-3-5-11(15-2)6-4-10/h3-8H,1-2H3. The van der Waals surface area contributed by atoms with Gasteiger partial charge in [-0.15, -0.1) is 11.3 Å². The Kier molecular flexibility index (Phi) is 3.06. The number of benzene rings is 1. The van der Waals surface area contributed by atoms with Crippen LogP contribution in [0.3, 0.4) is 0 Å². The lowest BCUT2D eigenvalue weighted by atomic mass is 10.1. The summed E-state index contributed by atoms with van der Waals surface area (Å²) in [5, 5.41) is 1.94. The average molecular weight is 232 g/mol. The molecule has 2 aromatic rings. The van der Waals surface area contributed by atoms with Crippen molar-refractivity contribution in [2.75, 3.05) is 7.11 Å². The van der Waals surface area contributed by atoms with Gasteiger partial charge in [-0.3, -0.25) is 4.79 Å². The van der Waals surface area contributed by atoms with E-state index in [-0.39, 0.29) is 5.78 Å². The molecule has 0 atom stereocenters. The second-order valence-electron chi connectivity index (χ2n) is 3.49. The predicted molar refractivity (Wildman–Crippen MR) is 65.5 cm³/mol. The van der Waals surface area contributed by atoms with Gasteiger partial charge < -0.3 is 4.74 Å². The molecule has 0 N–H and O–H groups in total. The molecule has 0 aliphatic heterocycles. The number of hydrogen-bond acceptors (Lipinski definition) is 3. The summed E-state index contributed by atoms with van der Waals surface area (Å²) in [6, 6.07) is 9.15. The van der Waals surface area contributed by atoms with Crippen LogP contribution in [-0.2, 0) is 0 Å². The Morgan fingerprint density at radius 1 is 1.19 bits per heavy atom. The van der Waals surface area contributed by atoms with Gasteiger partial charge in [-0.05, 0) is 48.2 Å². The van der Waals surface area contributed by atoms with Crippen LogP contribution in [0.1, 0.15) is 20.8 Å². The monoisotopic (exact) mass is 232 g/mol. The summed E-state index contributed by atoms with van der Waals surface area (Å²) in [5.41, 5.74) is 1.73. The van der Waals surface area contributed by atoms with Gasteiger partial charge in [0.2, 0.25) is 5.78 Å². The van der Waals surface area contributed by atoms with Crippen LogP contribution in [0.2, 0.25) is 0 Å². The number of aryl methyl sites for hydroxylation is 1. The molecule has 1 aromatic carbocycles. The van der Waals surface area contributed by atoms with Gasteiger partial charge in [-0.2, -0.15) is 0 Å². The van der Waals surface area contributed by atoms with Gasteiger partial charge in [0.1, 0.15) is 5.75 Å². The first-order chi connectivity index (χ1) is 7.72. The number of carbonyl (C=O) groups excluding carboxylic acids is 1. The highest BCUT2D eigenvalue weighted by molar-refractivity contribution is 7.12. The largest absolute Gasteiger partial charge is 0.497 e. The van der Waals surface area contributed by atoms with Crippen LogP contribution in [0.25, 0.3) is 0 Å². The molecule has 0 amide bonds. The first kappa shape index (κ1) is 10.9. The first-order valence-corrected chi connectivity index (χ1v) is 5.83. The maximum Gasteiger partial charge on any atom is 0.203 e. The van der Waals surface area contributed by atoms with E-state index in [1.807, 2.05) is 18.4 Å². The van der Waals surface area contributed by atoms with Crippen molar-refractivity contribution in [3.05, 3.63) is 51.7 Å². The van der Waals surface area contributed by atoms with Crippen LogP contribution in [-0.4, -0.2) is 12.9 Å². The molecule has 0 saturated heterocycles. The first-order valence-electron chi connectivity index (χ1n) is 4.95. The fourth-order valence-corrected chi connectivity index (χ4v) is 2.37. The molecule has 0 aliphatic rings. The Bertz CT molecular complexity index is 497. The molecule has 3 heteroatoms. The lowest BCUT2D eigenvalue weighted by Crippen LogP contribution is -2.00. The lowest BCUT2D eigenvalue weighted by molar-refractivity contribution is 0.104. The maximum atomic E-state index is 12.1. The number of carbonyl (C=O) groups is 1. The summed E-state index contributed by atoms with van der Waals surface area (Å²) in [6.45, 7) is 1.95. The van der Waals surface area contributed by atoms with E-state index in [0.29, 0.717) is 5.56 Å². The molecule has 2 nitrogen and oxygen atoms in total. The van der Waals surface area contributed by atoms with Gasteiger partial charge in [-0.1, -0.05) is 0 Å². The molecular weight excluding hydrogens is 220 g/mol. The molecular formula is C13H12O2S. The minimum absolute atomic E-state index is 0.0788. The fourth-order valence-electron chi connectivity index (χ4n) is 1.48. The molecule has 0 unspecified atom stereocenters. The molecule has 0 spiro atoms. The maximum absolute atomic E-state index is 12.1. The van der Waals surface area contributed by atoms with Gasteiger partial charge in [0.05, 0.1) is 12.0 Å². The highest BCUT2D eigenvalue weighted by Gasteiger charge is 2.12. The minimum atomic E-state index is 0.0788. The van der Waals surface area contributed by atoms with Crippen LogP contribution >= 0.6 is 11.3 Å². The topological polar surface area (TPSA) is 26.3 Å². The third-order valence-electron chi connectivity index (χ3n) is 2.42. The molecule has 0 aliphatic carbocycles. The summed E-state index contributed by atoms with van der Waals surface area (Å²) in [4.78, 5) is 12.9. The highest BCUT2D eigenvalue weighted by Crippen LogP contribution is 2.21. The number of rotatable bonds is 3. The quantitative estimate of drug-likeness (QED) is 0.759. The van der Waals surface area contributed by atoms with E-state index < -0.39 is 0 Å². The molecule has 1 aromatic heterocycles. The number of ketones is 1. The summed E-state index contributed by atoms with van der Waals surface area (Å²) in [5.74, 6) is 0.842. The molecule has 82 valence electrons. The van der Waals surface area contributed by atoms with Crippen molar-refractivity contribution in [1.82, 2.24) is 0 Å². The van der Waals surface area contributed by atoms with Crippen molar-refractivity contribution in [3.63, 3.8) is 0 Å². The predicted octanol–water partition coefficient (Wildman–Crippen LogP) is 3.30. The van der Waals surface area contributed by atoms with Gasteiger partial charge in [0, 0.05) is 5.56 Å². The number of ether oxygens (including phenoxy) is 1. The van der Waals surface area contributed by atoms with E-state index in [1.165, 1.54) is 11.3 Å². The number of hydrogen-bond donors (Lipinski definition) is 0. The van der Waals surface area contributed by atoms with Crippen molar-refractivity contribution in [2.45, 2.75) is 6.92 Å². The van der Waals surface area contributed by atoms with E-state index in [4.69, 9.17) is 4.74 Å². The van der Waals surface area contributed by atoms with Gasteiger partial charge in [-0.25, -0.2) is 0 Å². The number of methoxy groups -OCH3 is 1. The highest BCUT2D eigenvalue weighted by atomic mass is 32.1. The van der Waals surface area contributed by atoms with Gasteiger partial charge >= 0.3 is 0 Å². The summed E-state index contributed by atoms with van der Waals surface area (Å²) >= 11 is 1.48. The van der Waals surface area contributed by atoms with Crippen molar-refractivity contribution < 1.29 is 9.53 Å². The third kappa shape index (κ3) is 1.99. The normalized spacial score (nSPS) is 10.1. The van der Waals surface area contributed by atoms with Gasteiger partial charge in [0.15, 0.2) is 0 Å². The van der Waals surface area contributed by atoms with E-state index in [2.05, 4.69) is 0 Å². The van der Waals surface area contributed by atoms with E-state index >= 15 is 0 Å². The Morgan fingerprint density at radius 3 is 2.38 bits per heavy atom. The van der Waals surface area contributed by atoms with Crippen LogP contribution in [0.4, 0.5) is 0 Å². The number of thiophene rings is 1. The zero-order valence-corrected chi connectivity index (χ0v) is 10.0. The van der Waals surface area contributed by atoms with Crippen molar-refractivity contribution in [3.8, 4) is 5.75 Å². The molecule has 1 heterocycles. The zero-order chi connectivity index (χ0) is 11.5. The van der Waals surface area contributed by atoms with Crippen LogP contribution in [0, 0.1) is 6.92 Å². The molecule has 2 rings (SSSR count). The summed E-state index contributed by atoms with van der Waals surface area (Å²) < 4.78 is 5.05. The second kappa shape index (κ2) is 4.49. The van der Waals surface area contributed by atoms with Crippen molar-refractivity contribution >= 4 is 17.1 Å². The lowest BCUT2D eigenvalue weighted by Gasteiger charge is -2.02. The minimum Gasteiger partial charge on any atom is -0.497 e.